The minimum Gasteiger partial charge on any atom is -0.353 e. The van der Waals surface area contributed by atoms with Gasteiger partial charge in [-0.2, -0.15) is 0 Å². The van der Waals surface area contributed by atoms with E-state index in [1.165, 1.54) is 50.5 Å². The van der Waals surface area contributed by atoms with Gasteiger partial charge in [-0.25, -0.2) is 0 Å². The maximum atomic E-state index is 12.0. The van der Waals surface area contributed by atoms with E-state index in [1.54, 1.807) is 0 Å². The molecule has 28 heavy (non-hydrogen) atoms. The lowest BCUT2D eigenvalue weighted by Gasteiger charge is -2.60. The number of hydrogen-bond acceptors (Lipinski definition) is 1. The highest BCUT2D eigenvalue weighted by molar-refractivity contribution is 6.30. The molecule has 1 N–H and O–H groups in total. The third-order valence-electron chi connectivity index (χ3n) is 9.69. The number of hydrogen-bond donors (Lipinski definition) is 1. The Balaban J connectivity index is 1.36. The molecule has 0 aromatic heterocycles. The van der Waals surface area contributed by atoms with Gasteiger partial charge in [-0.05, 0) is 104 Å². The van der Waals surface area contributed by atoms with E-state index in [9.17, 15) is 4.79 Å². The predicted molar refractivity (Wildman–Crippen MR) is 114 cm³/mol. The molecule has 4 aliphatic rings. The maximum Gasteiger partial charge on any atom is 0.220 e. The van der Waals surface area contributed by atoms with Crippen molar-refractivity contribution in [3.8, 4) is 0 Å². The van der Waals surface area contributed by atoms with E-state index >= 15 is 0 Å². The Morgan fingerprint density at radius 3 is 2.50 bits per heavy atom. The maximum absolute atomic E-state index is 12.0. The number of halogens is 1. The van der Waals surface area contributed by atoms with Crippen LogP contribution in [0.25, 0.3) is 0 Å². The van der Waals surface area contributed by atoms with Gasteiger partial charge in [0, 0.05) is 17.5 Å². The summed E-state index contributed by atoms with van der Waals surface area (Å²) >= 11 is 6.09. The van der Waals surface area contributed by atoms with Gasteiger partial charge in [0.25, 0.3) is 0 Å². The molecule has 2 nitrogen and oxygen atoms in total. The third kappa shape index (κ3) is 2.85. The minimum atomic E-state index is 0.283. The number of carbonyl (C=O) groups excluding carboxylic acids is 1. The molecule has 1 saturated heterocycles. The van der Waals surface area contributed by atoms with Crippen LogP contribution < -0.4 is 5.32 Å². The molecule has 7 atom stereocenters. The molecule has 1 aliphatic heterocycles. The number of nitrogens with one attached hydrogen (secondary N) is 1. The van der Waals surface area contributed by atoms with Crippen LogP contribution in [0.3, 0.4) is 0 Å². The number of benzene rings is 1. The normalized spacial score (nSPS) is 45.0. The average molecular weight is 400 g/mol. The largest absolute Gasteiger partial charge is 0.353 e. The molecule has 1 heterocycles. The monoisotopic (exact) mass is 399 g/mol. The van der Waals surface area contributed by atoms with Crippen LogP contribution >= 0.6 is 11.6 Å². The average Bonchev–Trinajstić information content (AvgIpc) is 3.00. The summed E-state index contributed by atoms with van der Waals surface area (Å²) in [5, 5.41) is 4.19. The molecule has 0 radical (unpaired) electrons. The molecule has 4 fully saturated rings. The first-order valence-electron chi connectivity index (χ1n) is 11.4. The van der Waals surface area contributed by atoms with Crippen molar-refractivity contribution in [2.24, 2.45) is 34.5 Å². The van der Waals surface area contributed by atoms with Gasteiger partial charge in [0.1, 0.15) is 0 Å². The van der Waals surface area contributed by atoms with Crippen molar-refractivity contribution in [3.05, 3.63) is 34.9 Å². The summed E-state index contributed by atoms with van der Waals surface area (Å²) < 4.78 is 0. The van der Waals surface area contributed by atoms with Crippen molar-refractivity contribution in [2.45, 2.75) is 77.7 Å². The molecule has 0 spiro atoms. The Labute approximate surface area is 174 Å². The Hall–Kier alpha value is -1.02. The minimum absolute atomic E-state index is 0.283. The van der Waals surface area contributed by atoms with Gasteiger partial charge in [0.15, 0.2) is 0 Å². The molecule has 152 valence electrons. The van der Waals surface area contributed by atoms with Gasteiger partial charge in [0.2, 0.25) is 5.91 Å². The molecule has 3 aliphatic carbocycles. The summed E-state index contributed by atoms with van der Waals surface area (Å²) in [7, 11) is 0. The van der Waals surface area contributed by atoms with Crippen LogP contribution in [0.4, 0.5) is 0 Å². The first kappa shape index (κ1) is 19.0. The van der Waals surface area contributed by atoms with Crippen molar-refractivity contribution < 1.29 is 4.79 Å². The molecule has 2 unspecified atom stereocenters. The zero-order valence-electron chi connectivity index (χ0n) is 17.3. The molecular weight excluding hydrogens is 366 g/mol. The van der Waals surface area contributed by atoms with E-state index in [4.69, 9.17) is 11.6 Å². The number of amides is 1. The molecule has 0 bridgehead atoms. The highest BCUT2D eigenvalue weighted by Crippen LogP contribution is 2.65. The van der Waals surface area contributed by atoms with Crippen LogP contribution in [0.15, 0.2) is 24.3 Å². The standard InChI is InChI=1S/C25H34ClNO/c1-24-13-11-21-19(8-10-22-25(21,2)14-12-23(28)27-22)20(24)9-5-17(24)15-16-3-6-18(26)7-4-16/h3-4,6-7,17,19-22H,5,8-15H2,1-2H3,(H,27,28)/t17?,19-,20-,21+,22?,24+,25+/m0/s1. The number of piperidine rings is 1. The van der Waals surface area contributed by atoms with Crippen molar-refractivity contribution >= 4 is 17.5 Å². The molecule has 3 heteroatoms. The summed E-state index contributed by atoms with van der Waals surface area (Å²) in [4.78, 5) is 12.0. The fourth-order valence-corrected chi connectivity index (χ4v) is 8.18. The highest BCUT2D eigenvalue weighted by Gasteiger charge is 2.60. The highest BCUT2D eigenvalue weighted by atomic mass is 35.5. The first-order valence-corrected chi connectivity index (χ1v) is 11.8. The van der Waals surface area contributed by atoms with Crippen molar-refractivity contribution in [1.82, 2.24) is 5.32 Å². The zero-order chi connectivity index (χ0) is 19.5. The molecular formula is C25H34ClNO. The molecule has 1 aromatic carbocycles. The second-order valence-corrected chi connectivity index (χ2v) is 11.2. The smallest absolute Gasteiger partial charge is 0.220 e. The van der Waals surface area contributed by atoms with E-state index in [2.05, 4.69) is 31.3 Å². The summed E-state index contributed by atoms with van der Waals surface area (Å²) in [6, 6.07) is 8.96. The fourth-order valence-electron chi connectivity index (χ4n) is 8.05. The van der Waals surface area contributed by atoms with Crippen LogP contribution in [0.5, 0.6) is 0 Å². The summed E-state index contributed by atoms with van der Waals surface area (Å²) in [6.45, 7) is 5.11. The number of carbonyl (C=O) groups is 1. The second kappa shape index (κ2) is 6.76. The van der Waals surface area contributed by atoms with E-state index < -0.39 is 0 Å². The Kier molecular flexibility index (Phi) is 4.58. The fraction of sp³-hybridized carbons (Fsp3) is 0.720. The lowest BCUT2D eigenvalue weighted by Crippen LogP contribution is -2.61. The van der Waals surface area contributed by atoms with Crippen LogP contribution in [0.2, 0.25) is 5.02 Å². The molecule has 1 aromatic rings. The molecule has 1 amide bonds. The van der Waals surface area contributed by atoms with Gasteiger partial charge in [-0.1, -0.05) is 37.6 Å². The Bertz CT molecular complexity index is 760. The summed E-state index contributed by atoms with van der Waals surface area (Å²) in [5.74, 6) is 3.63. The Morgan fingerprint density at radius 2 is 1.71 bits per heavy atom. The predicted octanol–water partition coefficient (Wildman–Crippen LogP) is 6.02. The Morgan fingerprint density at radius 1 is 0.964 bits per heavy atom. The first-order chi connectivity index (χ1) is 13.4. The lowest BCUT2D eigenvalue weighted by molar-refractivity contribution is -0.136. The third-order valence-corrected chi connectivity index (χ3v) is 9.94. The molecule has 5 rings (SSSR count). The summed E-state index contributed by atoms with van der Waals surface area (Å²) in [6.07, 6.45) is 11.1. The van der Waals surface area contributed by atoms with Crippen molar-refractivity contribution in [1.29, 1.82) is 0 Å². The van der Waals surface area contributed by atoms with Gasteiger partial charge in [-0.3, -0.25) is 4.79 Å². The van der Waals surface area contributed by atoms with E-state index in [-0.39, 0.29) is 5.91 Å². The molecule has 3 saturated carbocycles. The second-order valence-electron chi connectivity index (χ2n) is 10.7. The van der Waals surface area contributed by atoms with Crippen LogP contribution in [0.1, 0.15) is 70.8 Å². The zero-order valence-corrected chi connectivity index (χ0v) is 18.1. The lowest BCUT2D eigenvalue weighted by atomic mass is 9.47. The van der Waals surface area contributed by atoms with E-state index in [0.29, 0.717) is 16.9 Å². The van der Waals surface area contributed by atoms with Crippen LogP contribution in [-0.2, 0) is 11.2 Å². The number of rotatable bonds is 2. The van der Waals surface area contributed by atoms with E-state index in [1.807, 2.05) is 12.1 Å². The van der Waals surface area contributed by atoms with Crippen LogP contribution in [-0.4, -0.2) is 11.9 Å². The topological polar surface area (TPSA) is 29.1 Å². The van der Waals surface area contributed by atoms with Crippen molar-refractivity contribution in [2.75, 3.05) is 0 Å². The van der Waals surface area contributed by atoms with Crippen LogP contribution in [0, 0.1) is 34.5 Å². The van der Waals surface area contributed by atoms with Gasteiger partial charge in [-0.15, -0.1) is 0 Å². The van der Waals surface area contributed by atoms with Gasteiger partial charge < -0.3 is 5.32 Å². The number of fused-ring (bicyclic) bond motifs is 5. The van der Waals surface area contributed by atoms with E-state index in [0.717, 1.165) is 41.5 Å². The van der Waals surface area contributed by atoms with Crippen molar-refractivity contribution in [3.63, 3.8) is 0 Å². The SMILES string of the molecule is C[C@]12CCC(=O)NC1CC[C@@H]1[C@H]2CC[C@]2(C)C(Cc3ccc(Cl)cc3)CC[C@@H]12. The quantitative estimate of drug-likeness (QED) is 0.647. The van der Waals surface area contributed by atoms with Gasteiger partial charge in [0.05, 0.1) is 0 Å². The van der Waals surface area contributed by atoms with Gasteiger partial charge >= 0.3 is 0 Å². The summed E-state index contributed by atoms with van der Waals surface area (Å²) in [5.41, 5.74) is 2.26.